The summed E-state index contributed by atoms with van der Waals surface area (Å²) in [7, 11) is 0. The molecule has 1 aromatic heterocycles. The number of hydrogen-bond acceptors (Lipinski definition) is 3. The number of rotatable bonds is 4. The van der Waals surface area contributed by atoms with Crippen molar-refractivity contribution in [3.8, 4) is 11.3 Å². The van der Waals surface area contributed by atoms with Gasteiger partial charge in [-0.15, -0.1) is 11.6 Å². The molecule has 2 aromatic rings. The second kappa shape index (κ2) is 6.20. The van der Waals surface area contributed by atoms with Gasteiger partial charge in [-0.05, 0) is 31.4 Å². The molecule has 0 spiro atoms. The molecule has 0 fully saturated rings. The second-order valence-corrected chi connectivity index (χ2v) is 6.08. The van der Waals surface area contributed by atoms with Gasteiger partial charge in [0.15, 0.2) is 5.78 Å². The lowest BCUT2D eigenvalue weighted by Crippen LogP contribution is -2.22. The second-order valence-electron chi connectivity index (χ2n) is 5.27. The van der Waals surface area contributed by atoms with Crippen LogP contribution in [0.15, 0.2) is 28.8 Å². The first kappa shape index (κ1) is 14.6. The number of alkyl halides is 1. The van der Waals surface area contributed by atoms with Crippen LogP contribution in [0.1, 0.15) is 35.4 Å². The molecule has 1 heterocycles. The number of ketones is 1. The fourth-order valence-corrected chi connectivity index (χ4v) is 3.07. The van der Waals surface area contributed by atoms with Crippen molar-refractivity contribution in [2.45, 2.75) is 25.7 Å². The highest BCUT2D eigenvalue weighted by molar-refractivity contribution is 6.30. The molecule has 1 unspecified atom stereocenters. The van der Waals surface area contributed by atoms with Gasteiger partial charge in [-0.3, -0.25) is 4.79 Å². The van der Waals surface area contributed by atoms with Crippen LogP contribution in [0.3, 0.4) is 0 Å². The molecule has 0 saturated carbocycles. The van der Waals surface area contributed by atoms with E-state index < -0.39 is 0 Å². The molecule has 1 aliphatic carbocycles. The fraction of sp³-hybridized carbons (Fsp3) is 0.375. The molecular weight excluding hydrogens is 309 g/mol. The maximum absolute atomic E-state index is 12.7. The first-order chi connectivity index (χ1) is 10.2. The normalized spacial score (nSPS) is 17.8. The predicted molar refractivity (Wildman–Crippen MR) is 83.0 cm³/mol. The smallest absolute Gasteiger partial charge is 0.171 e. The van der Waals surface area contributed by atoms with E-state index >= 15 is 0 Å². The van der Waals surface area contributed by atoms with Gasteiger partial charge in [-0.2, -0.15) is 0 Å². The molecule has 0 N–H and O–H groups in total. The first-order valence-corrected chi connectivity index (χ1v) is 7.96. The van der Waals surface area contributed by atoms with Crippen LogP contribution in [-0.2, 0) is 6.42 Å². The van der Waals surface area contributed by atoms with Crippen LogP contribution in [0.25, 0.3) is 11.3 Å². The van der Waals surface area contributed by atoms with E-state index in [2.05, 4.69) is 5.16 Å². The van der Waals surface area contributed by atoms with Gasteiger partial charge in [0.25, 0.3) is 0 Å². The molecule has 0 aliphatic heterocycles. The highest BCUT2D eigenvalue weighted by Crippen LogP contribution is 2.35. The molecular formula is C16H15Cl2NO2. The van der Waals surface area contributed by atoms with E-state index in [1.54, 1.807) is 12.1 Å². The van der Waals surface area contributed by atoms with Crippen molar-refractivity contribution in [3.05, 3.63) is 40.6 Å². The third-order valence-electron chi connectivity index (χ3n) is 3.90. The number of Topliss-reactive ketones (excluding diaryl/α,β-unsaturated/α-hetero) is 1. The molecule has 1 aliphatic rings. The molecule has 1 atom stereocenters. The summed E-state index contributed by atoms with van der Waals surface area (Å²) in [6, 6.07) is 7.29. The van der Waals surface area contributed by atoms with Gasteiger partial charge < -0.3 is 4.52 Å². The monoisotopic (exact) mass is 323 g/mol. The Morgan fingerprint density at radius 2 is 2.05 bits per heavy atom. The molecule has 1 aromatic carbocycles. The molecule has 5 heteroatoms. The number of nitrogens with zero attached hydrogens (tertiary/aromatic N) is 1. The topological polar surface area (TPSA) is 43.1 Å². The Morgan fingerprint density at radius 3 is 2.76 bits per heavy atom. The number of aryl methyl sites for hydroxylation is 1. The number of benzene rings is 1. The van der Waals surface area contributed by atoms with E-state index in [0.29, 0.717) is 27.9 Å². The molecule has 0 amide bonds. The van der Waals surface area contributed by atoms with E-state index in [9.17, 15) is 4.79 Å². The lowest BCUT2D eigenvalue weighted by Gasteiger charge is -2.19. The maximum atomic E-state index is 12.7. The molecule has 0 bridgehead atoms. The Bertz CT molecular complexity index is 649. The SMILES string of the molecule is O=C1c2c(-c3ccc(Cl)cc3)noc2CCC1CCCCl. The quantitative estimate of drug-likeness (QED) is 0.762. The minimum absolute atomic E-state index is 0.0294. The van der Waals surface area contributed by atoms with Crippen molar-refractivity contribution in [1.82, 2.24) is 5.16 Å². The van der Waals surface area contributed by atoms with Crippen molar-refractivity contribution in [1.29, 1.82) is 0 Å². The average Bonchev–Trinajstić information content (AvgIpc) is 2.92. The molecule has 0 saturated heterocycles. The molecule has 3 rings (SSSR count). The van der Waals surface area contributed by atoms with Gasteiger partial charge in [-0.25, -0.2) is 0 Å². The van der Waals surface area contributed by atoms with Crippen LogP contribution >= 0.6 is 23.2 Å². The molecule has 3 nitrogen and oxygen atoms in total. The lowest BCUT2D eigenvalue weighted by atomic mass is 9.82. The predicted octanol–water partition coefficient (Wildman–Crippen LogP) is 4.76. The van der Waals surface area contributed by atoms with Crippen LogP contribution in [0.4, 0.5) is 0 Å². The van der Waals surface area contributed by atoms with E-state index in [4.69, 9.17) is 27.7 Å². The van der Waals surface area contributed by atoms with E-state index in [1.165, 1.54) is 0 Å². The third-order valence-corrected chi connectivity index (χ3v) is 4.42. The summed E-state index contributed by atoms with van der Waals surface area (Å²) in [6.07, 6.45) is 3.26. The number of hydrogen-bond donors (Lipinski definition) is 0. The largest absolute Gasteiger partial charge is 0.360 e. The van der Waals surface area contributed by atoms with Crippen molar-refractivity contribution in [2.75, 3.05) is 5.88 Å². The molecule has 0 radical (unpaired) electrons. The van der Waals surface area contributed by atoms with E-state index in [1.807, 2.05) is 12.1 Å². The van der Waals surface area contributed by atoms with E-state index in [-0.39, 0.29) is 11.7 Å². The Hall–Kier alpha value is -1.32. The number of fused-ring (bicyclic) bond motifs is 1. The number of aromatic nitrogens is 1. The lowest BCUT2D eigenvalue weighted by molar-refractivity contribution is 0.0889. The standard InChI is InChI=1S/C16H15Cl2NO2/c17-9-1-2-11-5-8-13-14(16(11)20)15(19-21-13)10-3-6-12(18)7-4-10/h3-4,6-7,11H,1-2,5,8-9H2. The van der Waals surface area contributed by atoms with Crippen LogP contribution < -0.4 is 0 Å². The Morgan fingerprint density at radius 1 is 1.29 bits per heavy atom. The van der Waals surface area contributed by atoms with Crippen molar-refractivity contribution in [2.24, 2.45) is 5.92 Å². The summed E-state index contributed by atoms with van der Waals surface area (Å²) >= 11 is 11.6. The van der Waals surface area contributed by atoms with Gasteiger partial charge in [0, 0.05) is 28.8 Å². The Kier molecular flexibility index (Phi) is 4.32. The summed E-state index contributed by atoms with van der Waals surface area (Å²) in [5.41, 5.74) is 2.13. The zero-order valence-electron chi connectivity index (χ0n) is 11.4. The summed E-state index contributed by atoms with van der Waals surface area (Å²) in [5.74, 6) is 1.45. The van der Waals surface area contributed by atoms with Gasteiger partial charge in [0.05, 0.1) is 5.56 Å². The summed E-state index contributed by atoms with van der Waals surface area (Å²) in [6.45, 7) is 0. The van der Waals surface area contributed by atoms with Crippen LogP contribution in [0, 0.1) is 5.92 Å². The van der Waals surface area contributed by atoms with Crippen molar-refractivity contribution in [3.63, 3.8) is 0 Å². The van der Waals surface area contributed by atoms with Crippen molar-refractivity contribution < 1.29 is 9.32 Å². The zero-order chi connectivity index (χ0) is 14.8. The maximum Gasteiger partial charge on any atom is 0.171 e. The summed E-state index contributed by atoms with van der Waals surface area (Å²) in [4.78, 5) is 12.7. The molecule has 110 valence electrons. The van der Waals surface area contributed by atoms with Crippen LogP contribution in [0.2, 0.25) is 5.02 Å². The van der Waals surface area contributed by atoms with Crippen LogP contribution in [-0.4, -0.2) is 16.8 Å². The first-order valence-electron chi connectivity index (χ1n) is 7.05. The summed E-state index contributed by atoms with van der Waals surface area (Å²) < 4.78 is 5.37. The Labute approximate surface area is 133 Å². The molecule has 21 heavy (non-hydrogen) atoms. The van der Waals surface area contributed by atoms with E-state index in [0.717, 1.165) is 31.2 Å². The zero-order valence-corrected chi connectivity index (χ0v) is 13.0. The van der Waals surface area contributed by atoms with Crippen LogP contribution in [0.5, 0.6) is 0 Å². The van der Waals surface area contributed by atoms with Gasteiger partial charge in [-0.1, -0.05) is 28.9 Å². The number of halogens is 2. The van der Waals surface area contributed by atoms with Gasteiger partial charge in [0.2, 0.25) is 0 Å². The minimum Gasteiger partial charge on any atom is -0.360 e. The average molecular weight is 324 g/mol. The van der Waals surface area contributed by atoms with Gasteiger partial charge in [0.1, 0.15) is 11.5 Å². The Balaban J connectivity index is 1.94. The number of carbonyl (C=O) groups is 1. The highest BCUT2D eigenvalue weighted by atomic mass is 35.5. The summed E-state index contributed by atoms with van der Waals surface area (Å²) in [5, 5.41) is 4.75. The minimum atomic E-state index is 0.0294. The third kappa shape index (κ3) is 2.85. The highest BCUT2D eigenvalue weighted by Gasteiger charge is 2.33. The van der Waals surface area contributed by atoms with Crippen molar-refractivity contribution >= 4 is 29.0 Å². The van der Waals surface area contributed by atoms with Gasteiger partial charge >= 0.3 is 0 Å². The number of carbonyl (C=O) groups excluding carboxylic acids is 1. The fourth-order valence-electron chi connectivity index (χ4n) is 2.79.